The Balaban J connectivity index is 0. The SMILES string of the molecule is CCCCCCCCCCCC.O=[N+]([O-])O. The van der Waals surface area contributed by atoms with Crippen LogP contribution in [0.5, 0.6) is 0 Å². The Bertz CT molecular complexity index is 126. The van der Waals surface area contributed by atoms with E-state index in [1.807, 2.05) is 0 Å². The molecule has 1 N–H and O–H groups in total. The second-order valence-electron chi connectivity index (χ2n) is 4.07. The minimum absolute atomic E-state index is 1.37. The van der Waals surface area contributed by atoms with Gasteiger partial charge in [0, 0.05) is 0 Å². The Kier molecular flexibility index (Phi) is 18.3. The molecule has 4 heteroatoms. The molecule has 0 saturated carbocycles. The van der Waals surface area contributed by atoms with E-state index < -0.39 is 5.09 Å². The average Bonchev–Trinajstić information content (AvgIpc) is 2.21. The van der Waals surface area contributed by atoms with Crippen LogP contribution in [-0.4, -0.2) is 10.3 Å². The van der Waals surface area contributed by atoms with Crippen molar-refractivity contribution in [3.05, 3.63) is 10.1 Å². The van der Waals surface area contributed by atoms with E-state index in [9.17, 15) is 0 Å². The van der Waals surface area contributed by atoms with Crippen LogP contribution in [0.2, 0.25) is 0 Å². The predicted molar refractivity (Wildman–Crippen MR) is 66.3 cm³/mol. The van der Waals surface area contributed by atoms with Crippen molar-refractivity contribution in [3.63, 3.8) is 0 Å². The third-order valence-electron chi connectivity index (χ3n) is 2.46. The first kappa shape index (κ1) is 17.6. The summed E-state index contributed by atoms with van der Waals surface area (Å²) in [4.78, 5) is 8.36. The summed E-state index contributed by atoms with van der Waals surface area (Å²) in [5, 5.41) is 13.6. The molecule has 16 heavy (non-hydrogen) atoms. The highest BCUT2D eigenvalue weighted by Gasteiger charge is 1.90. The first-order chi connectivity index (χ1) is 7.65. The monoisotopic (exact) mass is 233 g/mol. The summed E-state index contributed by atoms with van der Waals surface area (Å²) in [5.41, 5.74) is 0. The lowest BCUT2D eigenvalue weighted by Gasteiger charge is -1.99. The molecule has 0 spiro atoms. The second kappa shape index (κ2) is 16.6. The van der Waals surface area contributed by atoms with E-state index in [0.717, 1.165) is 0 Å². The van der Waals surface area contributed by atoms with Gasteiger partial charge in [0.25, 0.3) is 5.09 Å². The molecule has 0 aromatic carbocycles. The Hall–Kier alpha value is -0.800. The van der Waals surface area contributed by atoms with Crippen molar-refractivity contribution in [2.45, 2.75) is 78.1 Å². The highest BCUT2D eigenvalue weighted by Crippen LogP contribution is 2.09. The largest absolute Gasteiger partial charge is 0.328 e. The quantitative estimate of drug-likeness (QED) is 0.360. The van der Waals surface area contributed by atoms with E-state index in [1.54, 1.807) is 0 Å². The Labute approximate surface area is 99.2 Å². The van der Waals surface area contributed by atoms with Gasteiger partial charge in [-0.15, -0.1) is 10.1 Å². The summed E-state index contributed by atoms with van der Waals surface area (Å²) in [6.45, 7) is 4.56. The highest BCUT2D eigenvalue weighted by atomic mass is 16.9. The average molecular weight is 233 g/mol. The van der Waals surface area contributed by atoms with Crippen LogP contribution in [0.1, 0.15) is 78.1 Å². The standard InChI is InChI=1S/C12H26.HNO3/c1-3-5-7-9-11-12-10-8-6-4-2;2-1(3)4/h3-12H2,1-2H3;(H,2,3,4). The van der Waals surface area contributed by atoms with E-state index in [1.165, 1.54) is 64.2 Å². The minimum Gasteiger partial charge on any atom is -0.328 e. The molecule has 0 bridgehead atoms. The first-order valence-electron chi connectivity index (χ1n) is 6.48. The fourth-order valence-corrected chi connectivity index (χ4v) is 1.56. The molecule has 0 rings (SSSR count). The Morgan fingerprint density at radius 3 is 1.19 bits per heavy atom. The fraction of sp³-hybridized carbons (Fsp3) is 1.00. The van der Waals surface area contributed by atoms with Gasteiger partial charge in [-0.25, -0.2) is 0 Å². The second-order valence-corrected chi connectivity index (χ2v) is 4.07. The number of rotatable bonds is 9. The van der Waals surface area contributed by atoms with Crippen molar-refractivity contribution in [2.75, 3.05) is 0 Å². The topological polar surface area (TPSA) is 63.4 Å². The van der Waals surface area contributed by atoms with Gasteiger partial charge < -0.3 is 5.21 Å². The molecule has 0 aliphatic carbocycles. The molecule has 0 heterocycles. The lowest BCUT2D eigenvalue weighted by Crippen LogP contribution is -1.81. The summed E-state index contributed by atoms with van der Waals surface area (Å²) in [6, 6.07) is 0. The molecule has 0 radical (unpaired) electrons. The highest BCUT2D eigenvalue weighted by molar-refractivity contribution is 4.45. The zero-order chi connectivity index (χ0) is 12.6. The molecule has 0 aliphatic rings. The summed E-state index contributed by atoms with van der Waals surface area (Å²) in [7, 11) is 0. The lowest BCUT2D eigenvalue weighted by atomic mass is 10.1. The van der Waals surface area contributed by atoms with Gasteiger partial charge in [-0.05, 0) is 0 Å². The van der Waals surface area contributed by atoms with Gasteiger partial charge in [-0.3, -0.25) is 0 Å². The van der Waals surface area contributed by atoms with Gasteiger partial charge in [0.05, 0.1) is 0 Å². The zero-order valence-electron chi connectivity index (χ0n) is 10.8. The van der Waals surface area contributed by atoms with Crippen molar-refractivity contribution >= 4 is 0 Å². The van der Waals surface area contributed by atoms with Gasteiger partial charge in [-0.1, -0.05) is 78.1 Å². The molecule has 0 saturated heterocycles. The number of hydrogen-bond acceptors (Lipinski definition) is 2. The van der Waals surface area contributed by atoms with Gasteiger partial charge in [-0.2, -0.15) is 0 Å². The first-order valence-corrected chi connectivity index (χ1v) is 6.48. The third kappa shape index (κ3) is 29.2. The summed E-state index contributed by atoms with van der Waals surface area (Å²) < 4.78 is 0. The zero-order valence-corrected chi connectivity index (χ0v) is 10.8. The van der Waals surface area contributed by atoms with E-state index in [-0.39, 0.29) is 0 Å². The molecule has 0 aliphatic heterocycles. The normalized spacial score (nSPS) is 9.38. The Morgan fingerprint density at radius 2 is 1.00 bits per heavy atom. The van der Waals surface area contributed by atoms with Crippen molar-refractivity contribution in [2.24, 2.45) is 0 Å². The van der Waals surface area contributed by atoms with E-state index in [4.69, 9.17) is 15.3 Å². The summed E-state index contributed by atoms with van der Waals surface area (Å²) in [5.74, 6) is 0. The third-order valence-corrected chi connectivity index (χ3v) is 2.46. The van der Waals surface area contributed by atoms with Crippen LogP contribution in [0, 0.1) is 10.1 Å². The van der Waals surface area contributed by atoms with Crippen LogP contribution in [0.3, 0.4) is 0 Å². The summed E-state index contributed by atoms with van der Waals surface area (Å²) in [6.07, 6.45) is 14.4. The maximum Gasteiger partial charge on any atom is 0.291 e. The van der Waals surface area contributed by atoms with Crippen molar-refractivity contribution in [1.29, 1.82) is 0 Å². The molecular weight excluding hydrogens is 206 g/mol. The van der Waals surface area contributed by atoms with Crippen LogP contribution < -0.4 is 0 Å². The fourth-order valence-electron chi connectivity index (χ4n) is 1.56. The van der Waals surface area contributed by atoms with Crippen LogP contribution in [-0.2, 0) is 0 Å². The van der Waals surface area contributed by atoms with E-state index >= 15 is 0 Å². The molecule has 0 aromatic heterocycles. The van der Waals surface area contributed by atoms with Crippen molar-refractivity contribution in [3.8, 4) is 0 Å². The molecule has 0 amide bonds. The molecule has 98 valence electrons. The van der Waals surface area contributed by atoms with E-state index in [2.05, 4.69) is 13.8 Å². The summed E-state index contributed by atoms with van der Waals surface area (Å²) >= 11 is 0. The predicted octanol–water partition coefficient (Wildman–Crippen LogP) is 4.58. The van der Waals surface area contributed by atoms with Crippen molar-refractivity contribution < 1.29 is 10.3 Å². The molecule has 0 unspecified atom stereocenters. The van der Waals surface area contributed by atoms with Crippen molar-refractivity contribution in [1.82, 2.24) is 0 Å². The van der Waals surface area contributed by atoms with Crippen LogP contribution >= 0.6 is 0 Å². The maximum absolute atomic E-state index is 8.36. The molecule has 0 atom stereocenters. The number of nitrogens with zero attached hydrogens (tertiary/aromatic N) is 1. The lowest BCUT2D eigenvalue weighted by molar-refractivity contribution is -0.742. The molecule has 4 nitrogen and oxygen atoms in total. The van der Waals surface area contributed by atoms with Gasteiger partial charge in [0.2, 0.25) is 0 Å². The molecular formula is C12H27NO3. The van der Waals surface area contributed by atoms with Gasteiger partial charge >= 0.3 is 0 Å². The minimum atomic E-state index is -1.50. The van der Waals surface area contributed by atoms with Crippen LogP contribution in [0.4, 0.5) is 0 Å². The van der Waals surface area contributed by atoms with Gasteiger partial charge in [0.1, 0.15) is 0 Å². The Morgan fingerprint density at radius 1 is 0.812 bits per heavy atom. The van der Waals surface area contributed by atoms with Crippen LogP contribution in [0.15, 0.2) is 0 Å². The number of hydrogen-bond donors (Lipinski definition) is 1. The van der Waals surface area contributed by atoms with Gasteiger partial charge in [0.15, 0.2) is 0 Å². The molecule has 0 aromatic rings. The van der Waals surface area contributed by atoms with E-state index in [0.29, 0.717) is 0 Å². The van der Waals surface area contributed by atoms with Crippen LogP contribution in [0.25, 0.3) is 0 Å². The number of unbranched alkanes of at least 4 members (excludes halogenated alkanes) is 9. The molecule has 0 fully saturated rings. The maximum atomic E-state index is 8.36. The smallest absolute Gasteiger partial charge is 0.291 e.